The maximum absolute atomic E-state index is 5.25. The van der Waals surface area contributed by atoms with E-state index in [1.165, 1.54) is 12.8 Å². The van der Waals surface area contributed by atoms with Gasteiger partial charge in [0, 0.05) is 12.5 Å². The minimum Gasteiger partial charge on any atom is -0.293 e. The molecule has 20 heavy (non-hydrogen) atoms. The van der Waals surface area contributed by atoms with Crippen LogP contribution in [0.1, 0.15) is 38.9 Å². The first-order valence-electron chi connectivity index (χ1n) is 7.04. The van der Waals surface area contributed by atoms with Gasteiger partial charge in [0.05, 0.1) is 12.2 Å². The van der Waals surface area contributed by atoms with Crippen molar-refractivity contribution in [2.75, 3.05) is 6.54 Å². The standard InChI is InChI=1S/C15H21N5/c1-4-6-7-10-14(5-2)20-15(16-17-18-20)12-19-11-8-9-13(19)3/h1,5,7,10,13H,6,8-9,11-12H2,2-3H3. The molecule has 1 aliphatic rings. The summed E-state index contributed by atoms with van der Waals surface area (Å²) in [5.74, 6) is 3.46. The van der Waals surface area contributed by atoms with E-state index in [0.717, 1.165) is 24.6 Å². The van der Waals surface area contributed by atoms with Crippen molar-refractivity contribution in [3.63, 3.8) is 0 Å². The molecule has 0 amide bonds. The number of rotatable bonds is 5. The summed E-state index contributed by atoms with van der Waals surface area (Å²) in [4.78, 5) is 2.42. The lowest BCUT2D eigenvalue weighted by Gasteiger charge is -2.20. The first-order valence-corrected chi connectivity index (χ1v) is 7.04. The largest absolute Gasteiger partial charge is 0.293 e. The van der Waals surface area contributed by atoms with Gasteiger partial charge in [0.15, 0.2) is 5.82 Å². The van der Waals surface area contributed by atoms with Crippen molar-refractivity contribution in [2.45, 2.75) is 45.7 Å². The van der Waals surface area contributed by atoms with Crippen molar-refractivity contribution in [1.82, 2.24) is 25.1 Å². The zero-order valence-corrected chi connectivity index (χ0v) is 12.2. The Labute approximate surface area is 120 Å². The first kappa shape index (κ1) is 14.5. The SMILES string of the molecule is C#CCC=CC(=CC)n1nnnc1CN1CCCC1C. The predicted molar refractivity (Wildman–Crippen MR) is 79.5 cm³/mol. The minimum absolute atomic E-state index is 0.603. The van der Waals surface area contributed by atoms with Crippen molar-refractivity contribution in [1.29, 1.82) is 0 Å². The molecule has 0 N–H and O–H groups in total. The molecule has 2 rings (SSSR count). The highest BCUT2D eigenvalue weighted by molar-refractivity contribution is 5.56. The summed E-state index contributed by atoms with van der Waals surface area (Å²) in [5, 5.41) is 12.1. The van der Waals surface area contributed by atoms with Crippen LogP contribution >= 0.6 is 0 Å². The molecular formula is C15H21N5. The van der Waals surface area contributed by atoms with Crippen molar-refractivity contribution >= 4 is 5.70 Å². The second-order valence-electron chi connectivity index (χ2n) is 4.99. The summed E-state index contributed by atoms with van der Waals surface area (Å²) in [5.41, 5.74) is 0.951. The lowest BCUT2D eigenvalue weighted by atomic mass is 10.2. The molecular weight excluding hydrogens is 250 g/mol. The van der Waals surface area contributed by atoms with Gasteiger partial charge in [-0.1, -0.05) is 12.2 Å². The summed E-state index contributed by atoms with van der Waals surface area (Å²) in [7, 11) is 0. The van der Waals surface area contributed by atoms with Gasteiger partial charge in [-0.05, 0) is 49.7 Å². The van der Waals surface area contributed by atoms with Crippen LogP contribution in [0.3, 0.4) is 0 Å². The van der Waals surface area contributed by atoms with Gasteiger partial charge in [-0.2, -0.15) is 4.68 Å². The third kappa shape index (κ3) is 3.34. The molecule has 1 unspecified atom stereocenters. The molecule has 5 nitrogen and oxygen atoms in total. The van der Waals surface area contributed by atoms with Gasteiger partial charge in [-0.25, -0.2) is 0 Å². The zero-order chi connectivity index (χ0) is 14.4. The van der Waals surface area contributed by atoms with E-state index in [0.29, 0.717) is 12.5 Å². The number of tetrazole rings is 1. The fourth-order valence-corrected chi connectivity index (χ4v) is 2.45. The Balaban J connectivity index is 2.13. The fourth-order valence-electron chi connectivity index (χ4n) is 2.45. The second kappa shape index (κ2) is 7.01. The molecule has 0 bridgehead atoms. The van der Waals surface area contributed by atoms with Crippen molar-refractivity contribution in [3.05, 3.63) is 24.1 Å². The number of nitrogens with zero attached hydrogens (tertiary/aromatic N) is 5. The Morgan fingerprint density at radius 2 is 2.40 bits per heavy atom. The normalized spacial score (nSPS) is 20.6. The van der Waals surface area contributed by atoms with E-state index in [9.17, 15) is 0 Å². The van der Waals surface area contributed by atoms with E-state index < -0.39 is 0 Å². The molecule has 0 saturated carbocycles. The van der Waals surface area contributed by atoms with Gasteiger partial charge in [-0.3, -0.25) is 4.90 Å². The molecule has 106 valence electrons. The summed E-state index contributed by atoms with van der Waals surface area (Å²) in [6.07, 6.45) is 14.3. The molecule has 1 atom stereocenters. The molecule has 1 saturated heterocycles. The van der Waals surface area contributed by atoms with E-state index >= 15 is 0 Å². The molecule has 5 heteroatoms. The molecule has 2 heterocycles. The van der Waals surface area contributed by atoms with Gasteiger partial charge >= 0.3 is 0 Å². The van der Waals surface area contributed by atoms with E-state index in [1.807, 2.05) is 25.2 Å². The minimum atomic E-state index is 0.603. The highest BCUT2D eigenvalue weighted by Gasteiger charge is 2.22. The molecule has 0 spiro atoms. The van der Waals surface area contributed by atoms with Crippen LogP contribution in [-0.4, -0.2) is 37.7 Å². The molecule has 1 aromatic heterocycles. The second-order valence-corrected chi connectivity index (χ2v) is 4.99. The highest BCUT2D eigenvalue weighted by Crippen LogP contribution is 2.19. The Morgan fingerprint density at radius 1 is 1.55 bits per heavy atom. The van der Waals surface area contributed by atoms with E-state index in [-0.39, 0.29) is 0 Å². The number of likely N-dealkylation sites (tertiary alicyclic amines) is 1. The molecule has 0 aliphatic carbocycles. The molecule has 0 aromatic carbocycles. The summed E-state index contributed by atoms with van der Waals surface area (Å²) in [6.45, 7) is 6.13. The number of terminal acetylenes is 1. The average Bonchev–Trinajstić information content (AvgIpc) is 3.06. The first-order chi connectivity index (χ1) is 9.76. The van der Waals surface area contributed by atoms with Crippen LogP contribution in [0.25, 0.3) is 5.70 Å². The van der Waals surface area contributed by atoms with Crippen LogP contribution in [0.2, 0.25) is 0 Å². The number of aromatic nitrogens is 4. The van der Waals surface area contributed by atoms with Gasteiger partial charge < -0.3 is 0 Å². The quantitative estimate of drug-likeness (QED) is 0.608. The summed E-state index contributed by atoms with van der Waals surface area (Å²) >= 11 is 0. The van der Waals surface area contributed by atoms with Crippen LogP contribution in [0.5, 0.6) is 0 Å². The molecule has 1 aromatic rings. The van der Waals surface area contributed by atoms with Crippen LogP contribution in [0, 0.1) is 12.3 Å². The monoisotopic (exact) mass is 271 g/mol. The Morgan fingerprint density at radius 3 is 3.05 bits per heavy atom. The lowest BCUT2D eigenvalue weighted by molar-refractivity contribution is 0.252. The van der Waals surface area contributed by atoms with E-state index in [4.69, 9.17) is 6.42 Å². The smallest absolute Gasteiger partial charge is 0.170 e. The number of allylic oxidation sites excluding steroid dienone is 4. The third-order valence-electron chi connectivity index (χ3n) is 3.63. The summed E-state index contributed by atoms with van der Waals surface area (Å²) in [6, 6.07) is 0.603. The number of hydrogen-bond acceptors (Lipinski definition) is 4. The maximum atomic E-state index is 5.25. The van der Waals surface area contributed by atoms with Gasteiger partial charge in [-0.15, -0.1) is 17.4 Å². The van der Waals surface area contributed by atoms with Crippen molar-refractivity contribution < 1.29 is 0 Å². The average molecular weight is 271 g/mol. The third-order valence-corrected chi connectivity index (χ3v) is 3.63. The highest BCUT2D eigenvalue weighted by atomic mass is 15.5. The summed E-state index contributed by atoms with van der Waals surface area (Å²) < 4.78 is 1.79. The lowest BCUT2D eigenvalue weighted by Crippen LogP contribution is -2.27. The van der Waals surface area contributed by atoms with Crippen LogP contribution in [-0.2, 0) is 6.54 Å². The zero-order valence-electron chi connectivity index (χ0n) is 12.2. The van der Waals surface area contributed by atoms with Crippen molar-refractivity contribution in [2.24, 2.45) is 0 Å². The molecule has 0 radical (unpaired) electrons. The topological polar surface area (TPSA) is 46.8 Å². The van der Waals surface area contributed by atoms with E-state index in [2.05, 4.69) is 33.3 Å². The van der Waals surface area contributed by atoms with Gasteiger partial charge in [0.1, 0.15) is 0 Å². The fraction of sp³-hybridized carbons (Fsp3) is 0.533. The molecule has 1 fully saturated rings. The van der Waals surface area contributed by atoms with Gasteiger partial charge in [0.2, 0.25) is 0 Å². The van der Waals surface area contributed by atoms with Crippen LogP contribution in [0.15, 0.2) is 18.2 Å². The predicted octanol–water partition coefficient (Wildman–Crippen LogP) is 2.10. The Hall–Kier alpha value is -1.93. The van der Waals surface area contributed by atoms with Crippen LogP contribution < -0.4 is 0 Å². The molecule has 1 aliphatic heterocycles. The van der Waals surface area contributed by atoms with Crippen LogP contribution in [0.4, 0.5) is 0 Å². The van der Waals surface area contributed by atoms with Gasteiger partial charge in [0.25, 0.3) is 0 Å². The van der Waals surface area contributed by atoms with Crippen molar-refractivity contribution in [3.8, 4) is 12.3 Å². The number of hydrogen-bond donors (Lipinski definition) is 0. The van der Waals surface area contributed by atoms with E-state index in [1.54, 1.807) is 4.68 Å². The Bertz CT molecular complexity index is 535. The Kier molecular flexibility index (Phi) is 5.08. The maximum Gasteiger partial charge on any atom is 0.170 e.